The zero-order valence-electron chi connectivity index (χ0n) is 12.4. The van der Waals surface area contributed by atoms with Gasteiger partial charge in [-0.2, -0.15) is 0 Å². The highest BCUT2D eigenvalue weighted by molar-refractivity contribution is 7.99. The minimum Gasteiger partial charge on any atom is -0.350 e. The zero-order chi connectivity index (χ0) is 14.5. The molecule has 0 aliphatic carbocycles. The third kappa shape index (κ3) is 3.67. The summed E-state index contributed by atoms with van der Waals surface area (Å²) >= 11 is 1.66. The van der Waals surface area contributed by atoms with Crippen LogP contribution in [0.15, 0.2) is 0 Å². The van der Waals surface area contributed by atoms with Crippen LogP contribution in [0.2, 0.25) is 0 Å². The standard InChI is InChI=1S/C14H25N3O2S/c1-3-4-13(18)17-9-20-8-12(17)14(19)16-11-7-15-6-5-10(11)2/h10-12,15H,3-9H2,1-2H3,(H,16,19). The van der Waals surface area contributed by atoms with Crippen LogP contribution in [0.5, 0.6) is 0 Å². The van der Waals surface area contributed by atoms with Gasteiger partial charge in [-0.25, -0.2) is 0 Å². The molecule has 2 amide bonds. The lowest BCUT2D eigenvalue weighted by Crippen LogP contribution is -2.55. The largest absolute Gasteiger partial charge is 0.350 e. The maximum Gasteiger partial charge on any atom is 0.243 e. The first-order chi connectivity index (χ1) is 9.63. The van der Waals surface area contributed by atoms with E-state index in [-0.39, 0.29) is 23.9 Å². The topological polar surface area (TPSA) is 61.4 Å². The minimum absolute atomic E-state index is 0.0139. The Bertz CT molecular complexity index is 364. The highest BCUT2D eigenvalue weighted by atomic mass is 32.2. The maximum absolute atomic E-state index is 12.4. The van der Waals surface area contributed by atoms with Crippen LogP contribution in [-0.4, -0.2) is 53.5 Å². The fraction of sp³-hybridized carbons (Fsp3) is 0.857. The van der Waals surface area contributed by atoms with Crippen LogP contribution in [0.3, 0.4) is 0 Å². The number of thioether (sulfide) groups is 1. The molecule has 2 N–H and O–H groups in total. The van der Waals surface area contributed by atoms with Gasteiger partial charge in [0.1, 0.15) is 6.04 Å². The first-order valence-corrected chi connectivity index (χ1v) is 8.67. The summed E-state index contributed by atoms with van der Waals surface area (Å²) in [5.41, 5.74) is 0. The van der Waals surface area contributed by atoms with E-state index in [0.29, 0.717) is 18.2 Å². The van der Waals surface area contributed by atoms with Crippen LogP contribution in [0.25, 0.3) is 0 Å². The molecule has 114 valence electrons. The van der Waals surface area contributed by atoms with Crippen molar-refractivity contribution in [1.82, 2.24) is 15.5 Å². The van der Waals surface area contributed by atoms with Gasteiger partial charge >= 0.3 is 0 Å². The Morgan fingerprint density at radius 3 is 2.95 bits per heavy atom. The molecule has 6 heteroatoms. The number of carbonyl (C=O) groups is 2. The maximum atomic E-state index is 12.4. The van der Waals surface area contributed by atoms with Gasteiger partial charge in [-0.1, -0.05) is 13.8 Å². The Balaban J connectivity index is 1.92. The van der Waals surface area contributed by atoms with Gasteiger partial charge in [0.2, 0.25) is 11.8 Å². The molecule has 0 bridgehead atoms. The molecule has 0 aromatic carbocycles. The molecule has 2 heterocycles. The highest BCUT2D eigenvalue weighted by Gasteiger charge is 2.35. The van der Waals surface area contributed by atoms with Gasteiger partial charge in [0.25, 0.3) is 0 Å². The lowest BCUT2D eigenvalue weighted by atomic mass is 9.94. The van der Waals surface area contributed by atoms with E-state index < -0.39 is 0 Å². The van der Waals surface area contributed by atoms with Crippen molar-refractivity contribution in [2.45, 2.75) is 45.2 Å². The molecule has 20 heavy (non-hydrogen) atoms. The molecule has 2 fully saturated rings. The van der Waals surface area contributed by atoms with Crippen LogP contribution in [0.1, 0.15) is 33.1 Å². The molecule has 0 radical (unpaired) electrons. The van der Waals surface area contributed by atoms with Crippen molar-refractivity contribution in [1.29, 1.82) is 0 Å². The fourth-order valence-electron chi connectivity index (χ4n) is 2.73. The highest BCUT2D eigenvalue weighted by Crippen LogP contribution is 2.23. The first-order valence-electron chi connectivity index (χ1n) is 7.51. The molecule has 3 unspecified atom stereocenters. The van der Waals surface area contributed by atoms with Crippen molar-refractivity contribution in [3.63, 3.8) is 0 Å². The van der Waals surface area contributed by atoms with E-state index in [9.17, 15) is 9.59 Å². The van der Waals surface area contributed by atoms with E-state index in [4.69, 9.17) is 0 Å². The fourth-order valence-corrected chi connectivity index (χ4v) is 3.91. The number of hydrogen-bond donors (Lipinski definition) is 2. The van der Waals surface area contributed by atoms with Crippen LogP contribution < -0.4 is 10.6 Å². The van der Waals surface area contributed by atoms with Gasteiger partial charge in [-0.15, -0.1) is 11.8 Å². The van der Waals surface area contributed by atoms with Gasteiger partial charge in [0.05, 0.1) is 5.88 Å². The number of rotatable bonds is 4. The summed E-state index contributed by atoms with van der Waals surface area (Å²) in [5.74, 6) is 1.98. The number of piperidine rings is 1. The van der Waals surface area contributed by atoms with Gasteiger partial charge < -0.3 is 15.5 Å². The Hall–Kier alpha value is -0.750. The van der Waals surface area contributed by atoms with Gasteiger partial charge in [-0.3, -0.25) is 9.59 Å². The first kappa shape index (κ1) is 15.6. The average molecular weight is 299 g/mol. The van der Waals surface area contributed by atoms with E-state index >= 15 is 0 Å². The summed E-state index contributed by atoms with van der Waals surface area (Å²) in [4.78, 5) is 26.2. The van der Waals surface area contributed by atoms with E-state index in [1.54, 1.807) is 16.7 Å². The number of carbonyl (C=O) groups excluding carboxylic acids is 2. The van der Waals surface area contributed by atoms with Crippen LogP contribution in [0, 0.1) is 5.92 Å². The second-order valence-corrected chi connectivity index (χ2v) is 6.71. The molecule has 2 aliphatic heterocycles. The Morgan fingerprint density at radius 1 is 1.45 bits per heavy atom. The molecular formula is C14H25N3O2S. The van der Waals surface area contributed by atoms with Crippen molar-refractivity contribution < 1.29 is 9.59 Å². The lowest BCUT2D eigenvalue weighted by Gasteiger charge is -2.32. The van der Waals surface area contributed by atoms with Crippen LogP contribution in [0.4, 0.5) is 0 Å². The monoisotopic (exact) mass is 299 g/mol. The summed E-state index contributed by atoms with van der Waals surface area (Å²) in [7, 11) is 0. The number of nitrogens with zero attached hydrogens (tertiary/aromatic N) is 1. The molecule has 3 atom stereocenters. The van der Waals surface area contributed by atoms with Crippen LogP contribution in [-0.2, 0) is 9.59 Å². The second kappa shape index (κ2) is 7.31. The normalized spacial score (nSPS) is 30.3. The predicted molar refractivity (Wildman–Crippen MR) is 81.4 cm³/mol. The van der Waals surface area contributed by atoms with Gasteiger partial charge in [0.15, 0.2) is 0 Å². The van der Waals surface area contributed by atoms with Gasteiger partial charge in [-0.05, 0) is 25.3 Å². The molecule has 0 spiro atoms. The third-order valence-electron chi connectivity index (χ3n) is 4.12. The van der Waals surface area contributed by atoms with Crippen molar-refractivity contribution >= 4 is 23.6 Å². The van der Waals surface area contributed by atoms with E-state index in [1.807, 2.05) is 6.92 Å². The molecule has 5 nitrogen and oxygen atoms in total. The van der Waals surface area contributed by atoms with Gasteiger partial charge in [0, 0.05) is 24.8 Å². The SMILES string of the molecule is CCCC(=O)N1CSCC1C(=O)NC1CNCCC1C. The summed E-state index contributed by atoms with van der Waals surface area (Å²) in [5, 5.41) is 6.44. The molecule has 0 aromatic rings. The molecule has 0 saturated carbocycles. The van der Waals surface area contributed by atoms with Crippen molar-refractivity contribution in [3.05, 3.63) is 0 Å². The number of nitrogens with one attached hydrogen (secondary N) is 2. The van der Waals surface area contributed by atoms with Crippen LogP contribution >= 0.6 is 11.8 Å². The number of amides is 2. The molecule has 2 aliphatic rings. The Kier molecular flexibility index (Phi) is 5.72. The summed E-state index contributed by atoms with van der Waals surface area (Å²) in [6.45, 7) is 6.02. The Labute approximate surface area is 125 Å². The van der Waals surface area contributed by atoms with E-state index in [2.05, 4.69) is 17.6 Å². The van der Waals surface area contributed by atoms with Crippen molar-refractivity contribution in [2.75, 3.05) is 24.7 Å². The van der Waals surface area contributed by atoms with E-state index in [1.165, 1.54) is 0 Å². The third-order valence-corrected chi connectivity index (χ3v) is 5.14. The number of hydrogen-bond acceptors (Lipinski definition) is 4. The summed E-state index contributed by atoms with van der Waals surface area (Å²) in [6.07, 6.45) is 2.45. The van der Waals surface area contributed by atoms with Crippen molar-refractivity contribution in [3.8, 4) is 0 Å². The molecule has 2 saturated heterocycles. The summed E-state index contributed by atoms with van der Waals surface area (Å²) in [6, 6.07) is -0.0989. The second-order valence-electron chi connectivity index (χ2n) is 5.71. The molecular weight excluding hydrogens is 274 g/mol. The quantitative estimate of drug-likeness (QED) is 0.806. The minimum atomic E-state index is -0.284. The smallest absolute Gasteiger partial charge is 0.243 e. The lowest BCUT2D eigenvalue weighted by molar-refractivity contribution is -0.138. The Morgan fingerprint density at radius 2 is 2.25 bits per heavy atom. The van der Waals surface area contributed by atoms with E-state index in [0.717, 1.165) is 31.7 Å². The average Bonchev–Trinajstić information content (AvgIpc) is 2.91. The predicted octanol–water partition coefficient (Wildman–Crippen LogP) is 0.802. The zero-order valence-corrected chi connectivity index (χ0v) is 13.2. The molecule has 0 aromatic heterocycles. The molecule has 2 rings (SSSR count). The van der Waals surface area contributed by atoms with Crippen molar-refractivity contribution in [2.24, 2.45) is 5.92 Å². The summed E-state index contributed by atoms with van der Waals surface area (Å²) < 4.78 is 0.